The molecule has 4 rings (SSSR count). The lowest BCUT2D eigenvalue weighted by Crippen LogP contribution is -2.50. The standard InChI is InChI=1S/C27H37B3N8O5/c1-26(2,3)43-25(41)31-11-13-38-12-10-17(37-38)16-6-5-7-18(22(16)42-4)32-19-14-20(33-23(39)15-8-9-15)35-36-21(19)24(40)34-27(28,29)30/h5-7,10,12,14-15H,8-9,11,13,28-30H2,1-4H3,(H,31,41)(H,34,40)(H2,32,33,35,39). The molecule has 0 saturated heterocycles. The maximum absolute atomic E-state index is 13.1. The van der Waals surface area contributed by atoms with Crippen LogP contribution in [0.4, 0.5) is 22.0 Å². The van der Waals surface area contributed by atoms with Crippen LogP contribution in [0, 0.1) is 5.92 Å². The van der Waals surface area contributed by atoms with E-state index in [1.165, 1.54) is 0 Å². The van der Waals surface area contributed by atoms with Gasteiger partial charge in [-0.25, -0.2) is 4.79 Å². The van der Waals surface area contributed by atoms with Crippen molar-refractivity contribution in [3.8, 4) is 17.0 Å². The monoisotopic (exact) mass is 586 g/mol. The van der Waals surface area contributed by atoms with E-state index in [9.17, 15) is 14.4 Å². The maximum atomic E-state index is 13.1. The highest BCUT2D eigenvalue weighted by Gasteiger charge is 2.30. The van der Waals surface area contributed by atoms with Gasteiger partial charge in [0, 0.05) is 30.3 Å². The van der Waals surface area contributed by atoms with Crippen LogP contribution in [-0.4, -0.2) is 85.9 Å². The number of nitrogens with one attached hydrogen (secondary N) is 4. The molecule has 1 saturated carbocycles. The Bertz CT molecular complexity index is 1500. The van der Waals surface area contributed by atoms with Gasteiger partial charge in [0.1, 0.15) is 29.1 Å². The van der Waals surface area contributed by atoms with E-state index >= 15 is 0 Å². The first-order valence-corrected chi connectivity index (χ1v) is 14.2. The van der Waals surface area contributed by atoms with E-state index in [0.717, 1.165) is 12.8 Å². The van der Waals surface area contributed by atoms with Crippen molar-refractivity contribution in [3.63, 3.8) is 0 Å². The number of hydrogen-bond donors (Lipinski definition) is 4. The minimum atomic E-state index is -0.575. The number of amides is 3. The molecule has 3 aromatic rings. The predicted molar refractivity (Wildman–Crippen MR) is 171 cm³/mol. The molecule has 4 N–H and O–H groups in total. The molecule has 0 unspecified atom stereocenters. The average Bonchev–Trinajstić information content (AvgIpc) is 3.65. The minimum absolute atomic E-state index is 0.0215. The molecule has 1 fully saturated rings. The Balaban J connectivity index is 1.57. The summed E-state index contributed by atoms with van der Waals surface area (Å²) in [7, 11) is 7.16. The summed E-state index contributed by atoms with van der Waals surface area (Å²) in [5, 5.41) is 24.1. The quantitative estimate of drug-likeness (QED) is 0.230. The largest absolute Gasteiger partial charge is 0.494 e. The molecule has 0 spiro atoms. The topological polar surface area (TPSA) is 161 Å². The number of alkyl carbamates (subject to hydrolysis) is 1. The van der Waals surface area contributed by atoms with Gasteiger partial charge in [-0.3, -0.25) is 14.3 Å². The second kappa shape index (κ2) is 12.8. The highest BCUT2D eigenvalue weighted by Crippen LogP contribution is 2.38. The fourth-order valence-electron chi connectivity index (χ4n) is 4.11. The number of carbonyl (C=O) groups excluding carboxylic acids is 3. The van der Waals surface area contributed by atoms with Gasteiger partial charge < -0.3 is 30.7 Å². The van der Waals surface area contributed by atoms with E-state index < -0.39 is 22.8 Å². The van der Waals surface area contributed by atoms with Gasteiger partial charge in [0.2, 0.25) is 5.91 Å². The molecule has 0 atom stereocenters. The lowest BCUT2D eigenvalue weighted by molar-refractivity contribution is -0.117. The molecule has 3 amide bonds. The second-order valence-corrected chi connectivity index (χ2v) is 12.4. The second-order valence-electron chi connectivity index (χ2n) is 12.4. The van der Waals surface area contributed by atoms with Crippen LogP contribution in [0.3, 0.4) is 0 Å². The van der Waals surface area contributed by atoms with Crippen LogP contribution in [0.5, 0.6) is 5.75 Å². The summed E-state index contributed by atoms with van der Waals surface area (Å²) in [5.74, 6) is 0.162. The third-order valence-corrected chi connectivity index (χ3v) is 6.11. The van der Waals surface area contributed by atoms with Gasteiger partial charge in [0.25, 0.3) is 5.91 Å². The summed E-state index contributed by atoms with van der Waals surface area (Å²) in [6.45, 7) is 6.19. The summed E-state index contributed by atoms with van der Waals surface area (Å²) >= 11 is 0. The summed E-state index contributed by atoms with van der Waals surface area (Å²) in [4.78, 5) is 37.5. The third kappa shape index (κ3) is 9.00. The van der Waals surface area contributed by atoms with Gasteiger partial charge in [-0.1, -0.05) is 6.07 Å². The van der Waals surface area contributed by atoms with Crippen molar-refractivity contribution >= 4 is 58.6 Å². The van der Waals surface area contributed by atoms with E-state index in [-0.39, 0.29) is 23.3 Å². The molecule has 224 valence electrons. The fourth-order valence-corrected chi connectivity index (χ4v) is 4.11. The zero-order valence-electron chi connectivity index (χ0n) is 25.7. The smallest absolute Gasteiger partial charge is 0.407 e. The molecule has 1 aliphatic rings. The predicted octanol–water partition coefficient (Wildman–Crippen LogP) is 0.206. The van der Waals surface area contributed by atoms with Crippen molar-refractivity contribution in [1.82, 2.24) is 30.6 Å². The molecule has 2 aromatic heterocycles. The first kappa shape index (κ1) is 31.5. The lowest BCUT2D eigenvalue weighted by Gasteiger charge is -2.22. The zero-order valence-corrected chi connectivity index (χ0v) is 25.7. The van der Waals surface area contributed by atoms with E-state index in [1.807, 2.05) is 47.9 Å². The van der Waals surface area contributed by atoms with E-state index in [1.54, 1.807) is 44.7 Å². The normalized spacial score (nSPS) is 13.1. The molecular formula is C27H37B3N8O5. The summed E-state index contributed by atoms with van der Waals surface area (Å²) in [6, 6.07) is 8.94. The van der Waals surface area contributed by atoms with Crippen LogP contribution < -0.4 is 26.0 Å². The fraction of sp³-hybridized carbons (Fsp3) is 0.407. The molecule has 0 radical (unpaired) electrons. The third-order valence-electron chi connectivity index (χ3n) is 6.11. The number of anilines is 3. The molecular weight excluding hydrogens is 549 g/mol. The number of ether oxygens (including phenoxy) is 2. The van der Waals surface area contributed by atoms with Crippen LogP contribution >= 0.6 is 0 Å². The SMILES string of the molecule is BC(B)(B)NC(=O)c1nnc(NC(=O)C2CC2)cc1Nc1cccc(-c2ccn(CCNC(=O)OC(C)(C)C)n2)c1OC. The Morgan fingerprint density at radius 3 is 2.47 bits per heavy atom. The molecule has 0 aliphatic heterocycles. The Morgan fingerprint density at radius 1 is 1.07 bits per heavy atom. The van der Waals surface area contributed by atoms with Crippen LogP contribution in [0.1, 0.15) is 44.1 Å². The number of benzene rings is 1. The van der Waals surface area contributed by atoms with Gasteiger partial charge in [-0.05, 0) is 57.0 Å². The molecule has 43 heavy (non-hydrogen) atoms. The number of hydrogen-bond acceptors (Lipinski definition) is 9. The highest BCUT2D eigenvalue weighted by molar-refractivity contribution is 6.60. The lowest BCUT2D eigenvalue weighted by atomic mass is 9.49. The number of aromatic nitrogens is 4. The van der Waals surface area contributed by atoms with Crippen LogP contribution in [0.25, 0.3) is 11.3 Å². The first-order valence-electron chi connectivity index (χ1n) is 14.2. The number of methoxy groups -OCH3 is 1. The van der Waals surface area contributed by atoms with Crippen molar-refractivity contribution in [2.45, 2.75) is 51.0 Å². The van der Waals surface area contributed by atoms with Crippen molar-refractivity contribution in [2.24, 2.45) is 5.92 Å². The van der Waals surface area contributed by atoms with Crippen LogP contribution in [0.15, 0.2) is 36.5 Å². The van der Waals surface area contributed by atoms with Gasteiger partial charge in [-0.15, -0.1) is 10.2 Å². The summed E-state index contributed by atoms with van der Waals surface area (Å²) in [5.41, 5.74) is 1.74. The maximum Gasteiger partial charge on any atom is 0.407 e. The van der Waals surface area contributed by atoms with Crippen molar-refractivity contribution in [3.05, 3.63) is 42.2 Å². The minimum Gasteiger partial charge on any atom is -0.494 e. The van der Waals surface area contributed by atoms with Gasteiger partial charge in [-0.2, -0.15) is 5.10 Å². The first-order chi connectivity index (χ1) is 20.2. The Labute approximate surface area is 253 Å². The van der Waals surface area contributed by atoms with E-state index in [2.05, 4.69) is 36.6 Å². The highest BCUT2D eigenvalue weighted by atomic mass is 16.6. The van der Waals surface area contributed by atoms with Crippen molar-refractivity contribution in [1.29, 1.82) is 0 Å². The molecule has 0 bridgehead atoms. The average molecular weight is 586 g/mol. The Hall–Kier alpha value is -4.49. The Kier molecular flexibility index (Phi) is 9.36. The van der Waals surface area contributed by atoms with Crippen LogP contribution in [0.2, 0.25) is 0 Å². The summed E-state index contributed by atoms with van der Waals surface area (Å²) in [6.07, 6.45) is 3.01. The van der Waals surface area contributed by atoms with E-state index in [0.29, 0.717) is 41.5 Å². The number of para-hydroxylation sites is 1. The zero-order chi connectivity index (χ0) is 31.4. The van der Waals surface area contributed by atoms with Crippen LogP contribution in [-0.2, 0) is 16.1 Å². The number of nitrogens with zero attached hydrogens (tertiary/aromatic N) is 4. The van der Waals surface area contributed by atoms with Gasteiger partial charge in [0.15, 0.2) is 17.3 Å². The Morgan fingerprint density at radius 2 is 1.81 bits per heavy atom. The van der Waals surface area contributed by atoms with Crippen molar-refractivity contribution < 1.29 is 23.9 Å². The molecule has 2 heterocycles. The van der Waals surface area contributed by atoms with Gasteiger partial charge >= 0.3 is 6.09 Å². The molecule has 16 heteroatoms. The van der Waals surface area contributed by atoms with E-state index in [4.69, 9.17) is 9.47 Å². The summed E-state index contributed by atoms with van der Waals surface area (Å²) < 4.78 is 12.8. The number of rotatable bonds is 11. The number of carbonyl (C=O) groups is 3. The molecule has 1 aromatic carbocycles. The molecule has 1 aliphatic carbocycles. The van der Waals surface area contributed by atoms with Gasteiger partial charge in [0.05, 0.1) is 30.7 Å². The van der Waals surface area contributed by atoms with Crippen molar-refractivity contribution in [2.75, 3.05) is 24.3 Å². The molecule has 13 nitrogen and oxygen atoms in total.